The second kappa shape index (κ2) is 9.08. The molecule has 30 heavy (non-hydrogen) atoms. The maximum atomic E-state index is 2.91. The molecule has 0 spiro atoms. The van der Waals surface area contributed by atoms with Gasteiger partial charge in [-0.3, -0.25) is 4.90 Å². The van der Waals surface area contributed by atoms with Crippen LogP contribution in [0.15, 0.2) is 24.3 Å². The molecular formula is C26H41N4. The molecule has 0 N–H and O–H groups in total. The van der Waals surface area contributed by atoms with Gasteiger partial charge in [0.25, 0.3) is 0 Å². The van der Waals surface area contributed by atoms with Crippen LogP contribution in [0.25, 0.3) is 0 Å². The maximum absolute atomic E-state index is 2.91. The SMILES string of the molecule is CN(C)CCN1[CH]N(C2CCN(C3CCCC4CCCCC43)CC2)c2ccccc21. The fraction of sp³-hybridized carbons (Fsp3) is 0.731. The molecule has 4 nitrogen and oxygen atoms in total. The number of likely N-dealkylation sites (tertiary alicyclic amines) is 1. The summed E-state index contributed by atoms with van der Waals surface area (Å²) in [5.74, 6) is 2.05. The van der Waals surface area contributed by atoms with E-state index in [0.717, 1.165) is 31.0 Å². The number of nitrogens with zero attached hydrogens (tertiary/aromatic N) is 4. The van der Waals surface area contributed by atoms with Crippen molar-refractivity contribution in [3.8, 4) is 0 Å². The lowest BCUT2D eigenvalue weighted by Gasteiger charge is -2.49. The zero-order chi connectivity index (χ0) is 20.5. The first-order valence-corrected chi connectivity index (χ1v) is 12.6. The molecule has 2 aliphatic heterocycles. The van der Waals surface area contributed by atoms with E-state index >= 15 is 0 Å². The minimum atomic E-state index is 0.650. The quantitative estimate of drug-likeness (QED) is 0.691. The van der Waals surface area contributed by atoms with E-state index in [9.17, 15) is 0 Å². The van der Waals surface area contributed by atoms with Crippen LogP contribution in [0.3, 0.4) is 0 Å². The minimum absolute atomic E-state index is 0.650. The van der Waals surface area contributed by atoms with Crippen molar-refractivity contribution < 1.29 is 0 Å². The molecule has 1 radical (unpaired) electrons. The highest BCUT2D eigenvalue weighted by atomic mass is 15.4. The van der Waals surface area contributed by atoms with Crippen molar-refractivity contribution >= 4 is 11.4 Å². The van der Waals surface area contributed by atoms with Gasteiger partial charge in [-0.25, -0.2) is 0 Å². The van der Waals surface area contributed by atoms with E-state index in [4.69, 9.17) is 0 Å². The molecule has 0 amide bonds. The lowest BCUT2D eigenvalue weighted by Crippen LogP contribution is -2.52. The van der Waals surface area contributed by atoms with E-state index < -0.39 is 0 Å². The highest BCUT2D eigenvalue weighted by Crippen LogP contribution is 2.44. The van der Waals surface area contributed by atoms with Gasteiger partial charge in [-0.2, -0.15) is 0 Å². The number of piperidine rings is 1. The number of fused-ring (bicyclic) bond motifs is 2. The predicted molar refractivity (Wildman–Crippen MR) is 127 cm³/mol. The summed E-state index contributed by atoms with van der Waals surface area (Å²) in [6.45, 7) is 7.14. The van der Waals surface area contributed by atoms with E-state index in [1.165, 1.54) is 82.3 Å². The summed E-state index contributed by atoms with van der Waals surface area (Å²) in [6.07, 6.45) is 13.0. The lowest BCUT2D eigenvalue weighted by molar-refractivity contribution is 0.0272. The molecule has 1 aromatic carbocycles. The number of anilines is 2. The van der Waals surface area contributed by atoms with Crippen LogP contribution in [0.2, 0.25) is 0 Å². The zero-order valence-corrected chi connectivity index (χ0v) is 19.2. The Morgan fingerprint density at radius 3 is 2.40 bits per heavy atom. The summed E-state index contributed by atoms with van der Waals surface area (Å²) in [6, 6.07) is 10.5. The molecule has 4 heteroatoms. The molecule has 3 unspecified atom stereocenters. The van der Waals surface area contributed by atoms with Gasteiger partial charge >= 0.3 is 0 Å². The minimum Gasteiger partial charge on any atom is -0.345 e. The normalized spacial score (nSPS) is 30.6. The lowest BCUT2D eigenvalue weighted by atomic mass is 9.67. The van der Waals surface area contributed by atoms with Crippen molar-refractivity contribution in [3.63, 3.8) is 0 Å². The number of rotatable bonds is 5. The molecule has 2 heterocycles. The second-order valence-corrected chi connectivity index (χ2v) is 10.5. The molecule has 165 valence electrons. The van der Waals surface area contributed by atoms with E-state index in [2.05, 4.69) is 64.6 Å². The summed E-state index contributed by atoms with van der Waals surface area (Å²) in [5, 5.41) is 0. The first-order valence-electron chi connectivity index (χ1n) is 12.6. The Balaban J connectivity index is 1.22. The number of hydrogen-bond donors (Lipinski definition) is 0. The molecular weight excluding hydrogens is 368 g/mol. The van der Waals surface area contributed by atoms with Gasteiger partial charge in [0, 0.05) is 38.3 Å². The van der Waals surface area contributed by atoms with Crippen molar-refractivity contribution in [2.24, 2.45) is 11.8 Å². The fourth-order valence-corrected chi connectivity index (χ4v) is 6.83. The fourth-order valence-electron chi connectivity index (χ4n) is 6.83. The monoisotopic (exact) mass is 409 g/mol. The van der Waals surface area contributed by atoms with Crippen molar-refractivity contribution in [1.82, 2.24) is 9.80 Å². The Bertz CT molecular complexity index is 694. The molecule has 0 bridgehead atoms. The van der Waals surface area contributed by atoms with E-state index in [1.807, 2.05) is 0 Å². The van der Waals surface area contributed by atoms with E-state index in [-0.39, 0.29) is 0 Å². The molecule has 2 saturated carbocycles. The molecule has 2 aliphatic carbocycles. The smallest absolute Gasteiger partial charge is 0.142 e. The molecule has 0 aromatic heterocycles. The Hall–Kier alpha value is -1.26. The Morgan fingerprint density at radius 2 is 1.60 bits per heavy atom. The molecule has 3 atom stereocenters. The molecule has 1 saturated heterocycles. The average molecular weight is 410 g/mol. The Morgan fingerprint density at radius 1 is 0.867 bits per heavy atom. The predicted octanol–water partition coefficient (Wildman–Crippen LogP) is 4.82. The summed E-state index contributed by atoms with van der Waals surface area (Å²) in [5.41, 5.74) is 2.80. The summed E-state index contributed by atoms with van der Waals surface area (Å²) in [4.78, 5) is 10.3. The van der Waals surface area contributed by atoms with Crippen molar-refractivity contribution in [2.45, 2.75) is 69.9 Å². The molecule has 1 aromatic rings. The number of likely N-dealkylation sites (N-methyl/N-ethyl adjacent to an activating group) is 1. The number of para-hydroxylation sites is 2. The van der Waals surface area contributed by atoms with Crippen LogP contribution in [0.4, 0.5) is 11.4 Å². The number of benzene rings is 1. The van der Waals surface area contributed by atoms with Crippen LogP contribution in [-0.4, -0.2) is 62.2 Å². The number of hydrogen-bond acceptors (Lipinski definition) is 4. The Labute approximate surface area is 184 Å². The van der Waals surface area contributed by atoms with Crippen LogP contribution >= 0.6 is 0 Å². The highest BCUT2D eigenvalue weighted by Gasteiger charge is 2.40. The van der Waals surface area contributed by atoms with Crippen molar-refractivity contribution in [2.75, 3.05) is 50.1 Å². The summed E-state index contributed by atoms with van der Waals surface area (Å²) < 4.78 is 0. The van der Waals surface area contributed by atoms with Crippen LogP contribution in [-0.2, 0) is 0 Å². The van der Waals surface area contributed by atoms with Gasteiger partial charge in [-0.15, -0.1) is 0 Å². The van der Waals surface area contributed by atoms with Gasteiger partial charge in [0.2, 0.25) is 0 Å². The maximum Gasteiger partial charge on any atom is 0.142 e. The van der Waals surface area contributed by atoms with Gasteiger partial charge in [0.15, 0.2) is 0 Å². The van der Waals surface area contributed by atoms with E-state index in [0.29, 0.717) is 6.04 Å². The standard InChI is InChI=1S/C26H41N4/c1-27(2)18-19-29-20-30(26-12-6-5-11-25(26)29)22-14-16-28(17-15-22)24-13-7-9-21-8-3-4-10-23(21)24/h5-6,11-12,20-24H,3-4,7-10,13-19H2,1-2H3. The average Bonchev–Trinajstić information content (AvgIpc) is 3.16. The second-order valence-electron chi connectivity index (χ2n) is 10.5. The van der Waals surface area contributed by atoms with Crippen LogP contribution in [0.1, 0.15) is 57.8 Å². The summed E-state index contributed by atoms with van der Waals surface area (Å²) >= 11 is 0. The van der Waals surface area contributed by atoms with Crippen LogP contribution in [0.5, 0.6) is 0 Å². The van der Waals surface area contributed by atoms with Gasteiger partial charge in [-0.05, 0) is 63.7 Å². The van der Waals surface area contributed by atoms with Gasteiger partial charge in [0.1, 0.15) is 6.67 Å². The molecule has 3 fully saturated rings. The van der Waals surface area contributed by atoms with Crippen LogP contribution < -0.4 is 9.80 Å². The van der Waals surface area contributed by atoms with E-state index in [1.54, 1.807) is 0 Å². The largest absolute Gasteiger partial charge is 0.345 e. The first kappa shape index (κ1) is 20.6. The van der Waals surface area contributed by atoms with Gasteiger partial charge in [-0.1, -0.05) is 44.2 Å². The van der Waals surface area contributed by atoms with Gasteiger partial charge in [0.05, 0.1) is 11.4 Å². The third-order valence-corrected chi connectivity index (χ3v) is 8.42. The first-order chi connectivity index (χ1) is 14.7. The molecule has 5 rings (SSSR count). The third kappa shape index (κ3) is 4.10. The van der Waals surface area contributed by atoms with Gasteiger partial charge < -0.3 is 14.7 Å². The topological polar surface area (TPSA) is 13.0 Å². The molecule has 4 aliphatic rings. The third-order valence-electron chi connectivity index (χ3n) is 8.42. The van der Waals surface area contributed by atoms with Crippen LogP contribution in [0, 0.1) is 18.5 Å². The zero-order valence-electron chi connectivity index (χ0n) is 19.2. The van der Waals surface area contributed by atoms with Crippen molar-refractivity contribution in [1.29, 1.82) is 0 Å². The van der Waals surface area contributed by atoms with Crippen molar-refractivity contribution in [3.05, 3.63) is 30.9 Å². The highest BCUT2D eigenvalue weighted by molar-refractivity contribution is 5.79. The Kier molecular flexibility index (Phi) is 6.24. The summed E-state index contributed by atoms with van der Waals surface area (Å²) in [7, 11) is 4.33.